The van der Waals surface area contributed by atoms with Crippen molar-refractivity contribution >= 4 is 5.97 Å². The summed E-state index contributed by atoms with van der Waals surface area (Å²) >= 11 is 0. The summed E-state index contributed by atoms with van der Waals surface area (Å²) in [7, 11) is 0. The molecule has 0 saturated carbocycles. The molecule has 154 valence electrons. The molecule has 0 amide bonds. The topological polar surface area (TPSA) is 94.0 Å². The second-order valence-electron chi connectivity index (χ2n) is 7.26. The Balaban J connectivity index is 1.49. The SMILES string of the molecule is CCCCCCCCCCn1cc(-c2nnc(-c3ccc(C(=O)O)cc3)o2)cn1. The number of hydrogen-bond acceptors (Lipinski definition) is 5. The van der Waals surface area contributed by atoms with E-state index in [1.54, 1.807) is 18.3 Å². The number of carboxylic acids is 1. The maximum Gasteiger partial charge on any atom is 0.335 e. The number of aryl methyl sites for hydroxylation is 1. The van der Waals surface area contributed by atoms with Crippen LogP contribution in [0.2, 0.25) is 0 Å². The van der Waals surface area contributed by atoms with Crippen LogP contribution < -0.4 is 0 Å². The van der Waals surface area contributed by atoms with Crippen molar-refractivity contribution in [2.75, 3.05) is 0 Å². The van der Waals surface area contributed by atoms with Gasteiger partial charge in [-0.05, 0) is 30.7 Å². The zero-order chi connectivity index (χ0) is 20.5. The van der Waals surface area contributed by atoms with Gasteiger partial charge in [-0.25, -0.2) is 4.79 Å². The summed E-state index contributed by atoms with van der Waals surface area (Å²) in [5, 5.41) is 21.5. The van der Waals surface area contributed by atoms with Gasteiger partial charge in [0.05, 0.1) is 17.3 Å². The van der Waals surface area contributed by atoms with E-state index < -0.39 is 5.97 Å². The first-order chi connectivity index (χ1) is 14.2. The Hall–Kier alpha value is -2.96. The van der Waals surface area contributed by atoms with Crippen LogP contribution in [0.25, 0.3) is 22.9 Å². The molecule has 0 spiro atoms. The Morgan fingerprint density at radius 1 is 0.931 bits per heavy atom. The van der Waals surface area contributed by atoms with E-state index in [-0.39, 0.29) is 5.56 Å². The Morgan fingerprint density at radius 2 is 1.55 bits per heavy atom. The first-order valence-electron chi connectivity index (χ1n) is 10.4. The van der Waals surface area contributed by atoms with Crippen molar-refractivity contribution in [2.24, 2.45) is 0 Å². The number of nitrogens with zero attached hydrogens (tertiary/aromatic N) is 4. The van der Waals surface area contributed by atoms with Gasteiger partial charge in [0.15, 0.2) is 0 Å². The number of carboxylic acid groups (broad SMARTS) is 1. The molecule has 0 unspecified atom stereocenters. The minimum atomic E-state index is -0.966. The number of unbranched alkanes of at least 4 members (excludes halogenated alkanes) is 7. The van der Waals surface area contributed by atoms with Crippen LogP contribution >= 0.6 is 0 Å². The van der Waals surface area contributed by atoms with E-state index in [9.17, 15) is 4.79 Å². The van der Waals surface area contributed by atoms with Gasteiger partial charge in [-0.15, -0.1) is 10.2 Å². The van der Waals surface area contributed by atoms with Gasteiger partial charge in [0.2, 0.25) is 5.89 Å². The molecule has 2 aromatic heterocycles. The Morgan fingerprint density at radius 3 is 2.21 bits per heavy atom. The van der Waals surface area contributed by atoms with Crippen molar-refractivity contribution in [2.45, 2.75) is 64.8 Å². The zero-order valence-electron chi connectivity index (χ0n) is 16.9. The molecule has 0 bridgehead atoms. The average Bonchev–Trinajstić information content (AvgIpc) is 3.39. The van der Waals surface area contributed by atoms with Crippen LogP contribution in [0.3, 0.4) is 0 Å². The fourth-order valence-electron chi connectivity index (χ4n) is 3.22. The normalized spacial score (nSPS) is 11.1. The number of hydrogen-bond donors (Lipinski definition) is 1. The van der Waals surface area contributed by atoms with Crippen molar-refractivity contribution in [1.29, 1.82) is 0 Å². The molecule has 1 aromatic carbocycles. The van der Waals surface area contributed by atoms with Crippen molar-refractivity contribution in [3.8, 4) is 22.9 Å². The second-order valence-corrected chi connectivity index (χ2v) is 7.26. The van der Waals surface area contributed by atoms with E-state index in [1.165, 1.54) is 57.1 Å². The van der Waals surface area contributed by atoms with Crippen LogP contribution in [0.15, 0.2) is 41.1 Å². The number of aromatic carboxylic acids is 1. The molecule has 0 radical (unpaired) electrons. The number of aromatic nitrogens is 4. The van der Waals surface area contributed by atoms with Crippen LogP contribution in [0.4, 0.5) is 0 Å². The third-order valence-electron chi connectivity index (χ3n) is 4.92. The third-order valence-corrected chi connectivity index (χ3v) is 4.92. The van der Waals surface area contributed by atoms with Gasteiger partial charge in [0.25, 0.3) is 5.89 Å². The summed E-state index contributed by atoms with van der Waals surface area (Å²) in [6.07, 6.45) is 13.9. The van der Waals surface area contributed by atoms with Crippen molar-refractivity contribution in [3.63, 3.8) is 0 Å². The van der Waals surface area contributed by atoms with Gasteiger partial charge in [-0.1, -0.05) is 51.9 Å². The fraction of sp³-hybridized carbons (Fsp3) is 0.455. The quantitative estimate of drug-likeness (QED) is 0.410. The molecule has 7 heteroatoms. The summed E-state index contributed by atoms with van der Waals surface area (Å²) < 4.78 is 7.65. The highest BCUT2D eigenvalue weighted by Gasteiger charge is 2.13. The van der Waals surface area contributed by atoms with Gasteiger partial charge in [0.1, 0.15) is 0 Å². The highest BCUT2D eigenvalue weighted by Crippen LogP contribution is 2.24. The molecule has 0 atom stereocenters. The van der Waals surface area contributed by atoms with Crippen molar-refractivity contribution < 1.29 is 14.3 Å². The Kier molecular flexibility index (Phi) is 7.55. The minimum Gasteiger partial charge on any atom is -0.478 e. The molecule has 29 heavy (non-hydrogen) atoms. The second kappa shape index (κ2) is 10.5. The lowest BCUT2D eigenvalue weighted by molar-refractivity contribution is 0.0697. The average molecular weight is 396 g/mol. The highest BCUT2D eigenvalue weighted by atomic mass is 16.4. The lowest BCUT2D eigenvalue weighted by Gasteiger charge is -2.02. The van der Waals surface area contributed by atoms with Crippen LogP contribution in [-0.4, -0.2) is 31.1 Å². The van der Waals surface area contributed by atoms with Crippen LogP contribution in [0, 0.1) is 0 Å². The third kappa shape index (κ3) is 6.01. The summed E-state index contributed by atoms with van der Waals surface area (Å²) in [5.74, 6) is -0.205. The standard InChI is InChI=1S/C22H28N4O3/c1-2-3-4-5-6-7-8-9-14-26-16-19(15-23-26)21-25-24-20(29-21)17-10-12-18(13-11-17)22(27)28/h10-13,15-16H,2-9,14H2,1H3,(H,27,28). The molecule has 0 fully saturated rings. The van der Waals surface area contributed by atoms with Gasteiger partial charge in [0, 0.05) is 18.3 Å². The first-order valence-corrected chi connectivity index (χ1v) is 10.4. The lowest BCUT2D eigenvalue weighted by atomic mass is 10.1. The molecule has 0 saturated heterocycles. The Bertz CT molecular complexity index is 899. The fourth-order valence-corrected chi connectivity index (χ4v) is 3.22. The van der Waals surface area contributed by atoms with Gasteiger partial charge < -0.3 is 9.52 Å². The molecular weight excluding hydrogens is 368 g/mol. The smallest absolute Gasteiger partial charge is 0.335 e. The maximum absolute atomic E-state index is 10.9. The van der Waals surface area contributed by atoms with E-state index in [0.717, 1.165) is 18.5 Å². The summed E-state index contributed by atoms with van der Waals surface area (Å²) in [6.45, 7) is 3.12. The van der Waals surface area contributed by atoms with Crippen LogP contribution in [0.1, 0.15) is 68.6 Å². The molecule has 3 aromatic rings. The molecule has 0 aliphatic rings. The lowest BCUT2D eigenvalue weighted by Crippen LogP contribution is -1.97. The molecule has 2 heterocycles. The zero-order valence-corrected chi connectivity index (χ0v) is 16.9. The number of benzene rings is 1. The minimum absolute atomic E-state index is 0.218. The predicted molar refractivity (Wildman–Crippen MR) is 111 cm³/mol. The molecular formula is C22H28N4O3. The molecule has 1 N–H and O–H groups in total. The van der Waals surface area contributed by atoms with Gasteiger partial charge in [-0.2, -0.15) is 5.10 Å². The van der Waals surface area contributed by atoms with E-state index in [4.69, 9.17) is 9.52 Å². The maximum atomic E-state index is 10.9. The molecule has 3 rings (SSSR count). The van der Waals surface area contributed by atoms with Crippen molar-refractivity contribution in [3.05, 3.63) is 42.2 Å². The van der Waals surface area contributed by atoms with Gasteiger partial charge in [-0.3, -0.25) is 4.68 Å². The van der Waals surface area contributed by atoms with Crippen LogP contribution in [0.5, 0.6) is 0 Å². The summed E-state index contributed by atoms with van der Waals surface area (Å²) in [4.78, 5) is 10.9. The molecule has 7 nitrogen and oxygen atoms in total. The van der Waals surface area contributed by atoms with Gasteiger partial charge >= 0.3 is 5.97 Å². The summed E-state index contributed by atoms with van der Waals surface area (Å²) in [5.41, 5.74) is 1.68. The first kappa shape index (κ1) is 20.8. The molecule has 0 aliphatic heterocycles. The van der Waals surface area contributed by atoms with Crippen molar-refractivity contribution in [1.82, 2.24) is 20.0 Å². The van der Waals surface area contributed by atoms with E-state index in [1.807, 2.05) is 10.9 Å². The van der Waals surface area contributed by atoms with E-state index in [0.29, 0.717) is 17.3 Å². The molecule has 0 aliphatic carbocycles. The predicted octanol–water partition coefficient (Wildman–Crippen LogP) is 5.44. The monoisotopic (exact) mass is 396 g/mol. The highest BCUT2D eigenvalue weighted by molar-refractivity contribution is 5.88. The largest absolute Gasteiger partial charge is 0.478 e. The van der Waals surface area contributed by atoms with E-state index in [2.05, 4.69) is 22.2 Å². The number of rotatable bonds is 12. The summed E-state index contributed by atoms with van der Waals surface area (Å²) in [6, 6.07) is 6.35. The Labute approximate surface area is 170 Å². The van der Waals surface area contributed by atoms with E-state index >= 15 is 0 Å². The van der Waals surface area contributed by atoms with Crippen LogP contribution in [-0.2, 0) is 6.54 Å². The number of carbonyl (C=O) groups is 1.